The second-order valence-electron chi connectivity index (χ2n) is 4.89. The van der Waals surface area contributed by atoms with Crippen molar-refractivity contribution in [2.24, 2.45) is 7.05 Å². The van der Waals surface area contributed by atoms with Gasteiger partial charge in [-0.15, -0.1) is 0 Å². The van der Waals surface area contributed by atoms with Gasteiger partial charge >= 0.3 is 0 Å². The summed E-state index contributed by atoms with van der Waals surface area (Å²) in [6, 6.07) is 18.2. The van der Waals surface area contributed by atoms with Crippen molar-refractivity contribution >= 4 is 11.0 Å². The van der Waals surface area contributed by atoms with E-state index in [1.165, 1.54) is 5.56 Å². The summed E-state index contributed by atoms with van der Waals surface area (Å²) in [5, 5.41) is 8.97. The Bertz CT molecular complexity index is 779. The number of rotatable bonds is 3. The Kier molecular flexibility index (Phi) is 3.22. The first-order valence-electron chi connectivity index (χ1n) is 6.67. The first kappa shape index (κ1) is 12.4. The van der Waals surface area contributed by atoms with E-state index in [1.807, 2.05) is 31.3 Å². The molecule has 0 aliphatic carbocycles. The number of benzene rings is 2. The molecule has 0 spiro atoms. The molecule has 3 nitrogen and oxygen atoms in total. The van der Waals surface area contributed by atoms with Gasteiger partial charge in [0.15, 0.2) is 0 Å². The predicted molar refractivity (Wildman–Crippen MR) is 79.3 cm³/mol. The SMILES string of the molecule is Cn1c(CCc2ccccc2)nc2ccc(C#N)cc21. The lowest BCUT2D eigenvalue weighted by Crippen LogP contribution is -2.00. The van der Waals surface area contributed by atoms with Crippen LogP contribution in [0, 0.1) is 11.3 Å². The highest BCUT2D eigenvalue weighted by molar-refractivity contribution is 5.77. The van der Waals surface area contributed by atoms with Crippen molar-refractivity contribution in [3.8, 4) is 6.07 Å². The van der Waals surface area contributed by atoms with E-state index in [9.17, 15) is 0 Å². The monoisotopic (exact) mass is 261 g/mol. The largest absolute Gasteiger partial charge is 0.331 e. The summed E-state index contributed by atoms with van der Waals surface area (Å²) in [6.07, 6.45) is 1.88. The molecule has 0 fully saturated rings. The molecule has 1 aromatic heterocycles. The van der Waals surface area contributed by atoms with Gasteiger partial charge in [0.2, 0.25) is 0 Å². The molecular weight excluding hydrogens is 246 g/mol. The van der Waals surface area contributed by atoms with Crippen LogP contribution < -0.4 is 0 Å². The molecule has 0 saturated heterocycles. The lowest BCUT2D eigenvalue weighted by Gasteiger charge is -2.03. The molecule has 0 N–H and O–H groups in total. The number of aromatic nitrogens is 2. The zero-order valence-electron chi connectivity index (χ0n) is 11.4. The summed E-state index contributed by atoms with van der Waals surface area (Å²) in [7, 11) is 2.01. The average Bonchev–Trinajstić information content (AvgIpc) is 2.82. The Balaban J connectivity index is 1.89. The van der Waals surface area contributed by atoms with E-state index in [1.54, 1.807) is 0 Å². The maximum atomic E-state index is 8.97. The van der Waals surface area contributed by atoms with E-state index in [0.29, 0.717) is 5.56 Å². The van der Waals surface area contributed by atoms with Crippen LogP contribution in [0.25, 0.3) is 11.0 Å². The van der Waals surface area contributed by atoms with Crippen LogP contribution in [0.1, 0.15) is 17.0 Å². The molecule has 3 aromatic rings. The summed E-state index contributed by atoms with van der Waals surface area (Å²) in [6.45, 7) is 0. The molecule has 98 valence electrons. The third-order valence-electron chi connectivity index (χ3n) is 3.58. The molecule has 2 aromatic carbocycles. The highest BCUT2D eigenvalue weighted by Gasteiger charge is 2.08. The molecule has 1 heterocycles. The fourth-order valence-electron chi connectivity index (χ4n) is 2.43. The first-order chi connectivity index (χ1) is 9.78. The van der Waals surface area contributed by atoms with Gasteiger partial charge in [-0.05, 0) is 30.2 Å². The number of imidazole rings is 1. The summed E-state index contributed by atoms with van der Waals surface area (Å²) in [5.74, 6) is 1.05. The second-order valence-corrected chi connectivity index (χ2v) is 4.89. The van der Waals surface area contributed by atoms with Crippen LogP contribution in [-0.4, -0.2) is 9.55 Å². The molecule has 0 bridgehead atoms. The van der Waals surface area contributed by atoms with Crippen LogP contribution in [0.3, 0.4) is 0 Å². The number of aryl methyl sites for hydroxylation is 3. The number of nitrogens with zero attached hydrogens (tertiary/aromatic N) is 3. The summed E-state index contributed by atoms with van der Waals surface area (Å²) >= 11 is 0. The minimum atomic E-state index is 0.676. The highest BCUT2D eigenvalue weighted by Crippen LogP contribution is 2.17. The van der Waals surface area contributed by atoms with Gasteiger partial charge in [0.25, 0.3) is 0 Å². The zero-order valence-corrected chi connectivity index (χ0v) is 11.4. The van der Waals surface area contributed by atoms with Crippen molar-refractivity contribution in [3.63, 3.8) is 0 Å². The van der Waals surface area contributed by atoms with Gasteiger partial charge in [-0.1, -0.05) is 30.3 Å². The number of nitriles is 1. The van der Waals surface area contributed by atoms with E-state index in [0.717, 1.165) is 29.7 Å². The second kappa shape index (κ2) is 5.18. The number of fused-ring (bicyclic) bond motifs is 1. The van der Waals surface area contributed by atoms with Crippen molar-refractivity contribution in [1.82, 2.24) is 9.55 Å². The lowest BCUT2D eigenvalue weighted by atomic mass is 10.1. The summed E-state index contributed by atoms with van der Waals surface area (Å²) < 4.78 is 2.08. The quantitative estimate of drug-likeness (QED) is 0.726. The Morgan fingerprint density at radius 3 is 2.65 bits per heavy atom. The summed E-state index contributed by atoms with van der Waals surface area (Å²) in [5.41, 5.74) is 3.97. The Labute approximate surface area is 118 Å². The van der Waals surface area contributed by atoms with Gasteiger partial charge in [0.05, 0.1) is 22.7 Å². The lowest BCUT2D eigenvalue weighted by molar-refractivity contribution is 0.787. The molecular formula is C17H15N3. The smallest absolute Gasteiger partial charge is 0.109 e. The number of hydrogen-bond acceptors (Lipinski definition) is 2. The van der Waals surface area contributed by atoms with Crippen LogP contribution >= 0.6 is 0 Å². The van der Waals surface area contributed by atoms with Crippen LogP contribution in [0.5, 0.6) is 0 Å². The van der Waals surface area contributed by atoms with E-state index in [4.69, 9.17) is 5.26 Å². The van der Waals surface area contributed by atoms with Gasteiger partial charge < -0.3 is 4.57 Å². The van der Waals surface area contributed by atoms with Crippen molar-refractivity contribution < 1.29 is 0 Å². The van der Waals surface area contributed by atoms with Crippen LogP contribution in [0.15, 0.2) is 48.5 Å². The molecule has 0 aliphatic rings. The topological polar surface area (TPSA) is 41.6 Å². The molecule has 3 heteroatoms. The van der Waals surface area contributed by atoms with E-state index in [2.05, 4.69) is 39.9 Å². The first-order valence-corrected chi connectivity index (χ1v) is 6.67. The Morgan fingerprint density at radius 1 is 1.10 bits per heavy atom. The highest BCUT2D eigenvalue weighted by atomic mass is 15.1. The fraction of sp³-hybridized carbons (Fsp3) is 0.176. The fourth-order valence-corrected chi connectivity index (χ4v) is 2.43. The van der Waals surface area contributed by atoms with Gasteiger partial charge in [-0.25, -0.2) is 4.98 Å². The van der Waals surface area contributed by atoms with E-state index < -0.39 is 0 Å². The molecule has 0 amide bonds. The molecule has 3 rings (SSSR count). The third kappa shape index (κ3) is 2.28. The van der Waals surface area contributed by atoms with Crippen LogP contribution in [-0.2, 0) is 19.9 Å². The minimum Gasteiger partial charge on any atom is -0.331 e. The molecule has 0 atom stereocenters. The van der Waals surface area contributed by atoms with Gasteiger partial charge in [-0.2, -0.15) is 5.26 Å². The molecule has 0 radical (unpaired) electrons. The predicted octanol–water partition coefficient (Wildman–Crippen LogP) is 3.23. The van der Waals surface area contributed by atoms with Crippen LogP contribution in [0.4, 0.5) is 0 Å². The van der Waals surface area contributed by atoms with E-state index in [-0.39, 0.29) is 0 Å². The van der Waals surface area contributed by atoms with Crippen molar-refractivity contribution in [1.29, 1.82) is 5.26 Å². The maximum absolute atomic E-state index is 8.97. The van der Waals surface area contributed by atoms with Crippen molar-refractivity contribution in [2.45, 2.75) is 12.8 Å². The Morgan fingerprint density at radius 2 is 1.90 bits per heavy atom. The van der Waals surface area contributed by atoms with Gasteiger partial charge in [0.1, 0.15) is 5.82 Å². The molecule has 0 unspecified atom stereocenters. The zero-order chi connectivity index (χ0) is 13.9. The van der Waals surface area contributed by atoms with Crippen LogP contribution in [0.2, 0.25) is 0 Å². The maximum Gasteiger partial charge on any atom is 0.109 e. The standard InChI is InChI=1S/C17H15N3/c1-20-16-11-14(12-18)7-9-15(16)19-17(20)10-8-13-5-3-2-4-6-13/h2-7,9,11H,8,10H2,1H3. The molecule has 0 aliphatic heterocycles. The normalized spacial score (nSPS) is 10.6. The van der Waals surface area contributed by atoms with Gasteiger partial charge in [-0.3, -0.25) is 0 Å². The molecule has 0 saturated carbocycles. The number of hydrogen-bond donors (Lipinski definition) is 0. The summed E-state index contributed by atoms with van der Waals surface area (Å²) in [4.78, 5) is 4.66. The average molecular weight is 261 g/mol. The van der Waals surface area contributed by atoms with E-state index >= 15 is 0 Å². The third-order valence-corrected chi connectivity index (χ3v) is 3.58. The van der Waals surface area contributed by atoms with Gasteiger partial charge in [0, 0.05) is 13.5 Å². The Hall–Kier alpha value is -2.60. The molecule has 20 heavy (non-hydrogen) atoms. The minimum absolute atomic E-state index is 0.676. The van der Waals surface area contributed by atoms with Crippen molar-refractivity contribution in [3.05, 3.63) is 65.5 Å². The van der Waals surface area contributed by atoms with Crippen molar-refractivity contribution in [2.75, 3.05) is 0 Å².